The summed E-state index contributed by atoms with van der Waals surface area (Å²) < 4.78 is 0. The molecule has 8 heteroatoms. The highest BCUT2D eigenvalue weighted by Crippen LogP contribution is 2.18. The first-order valence-electron chi connectivity index (χ1n) is 13.1. The second kappa shape index (κ2) is 12.9. The lowest BCUT2D eigenvalue weighted by Gasteiger charge is -2.10. The molecule has 5 aromatic carbocycles. The molecule has 42 heavy (non-hydrogen) atoms. The van der Waals surface area contributed by atoms with Crippen LogP contribution in [0.4, 0.5) is 22.7 Å². The number of carbonyl (C=O) groups excluding carboxylic acids is 4. The molecular formula is C34H30N4O4. The summed E-state index contributed by atoms with van der Waals surface area (Å²) in [5.74, 6) is -1.28. The van der Waals surface area contributed by atoms with Gasteiger partial charge in [-0.15, -0.1) is 0 Å². The number of carbonyl (C=O) groups is 4. The Labute approximate surface area is 245 Å². The highest BCUT2D eigenvalue weighted by molar-refractivity contribution is 6.09. The summed E-state index contributed by atoms with van der Waals surface area (Å²) >= 11 is 0. The molecule has 4 N–H and O–H groups in total. The van der Waals surface area contributed by atoms with Crippen LogP contribution in [0.1, 0.15) is 44.3 Å². The van der Waals surface area contributed by atoms with Gasteiger partial charge in [0.15, 0.2) is 0 Å². The molecule has 0 bridgehead atoms. The molecule has 0 aliphatic carbocycles. The SMILES string of the molecule is O=C(Nc1ccccc1)c1ccc(C(=O)Nc2cccc(NC(=O)c3ccc(C(=O)Nc4ccccc4)cc3)c2)cc1.[HH].[HH]. The lowest BCUT2D eigenvalue weighted by atomic mass is 10.1. The van der Waals surface area contributed by atoms with E-state index < -0.39 is 0 Å². The lowest BCUT2D eigenvalue weighted by molar-refractivity contribution is 0.101. The predicted octanol–water partition coefficient (Wildman–Crippen LogP) is 7.19. The maximum absolute atomic E-state index is 12.8. The molecule has 0 spiro atoms. The van der Waals surface area contributed by atoms with E-state index >= 15 is 0 Å². The van der Waals surface area contributed by atoms with E-state index in [4.69, 9.17) is 0 Å². The van der Waals surface area contributed by atoms with Crippen molar-refractivity contribution in [1.29, 1.82) is 0 Å². The second-order valence-electron chi connectivity index (χ2n) is 9.28. The number of anilines is 4. The zero-order chi connectivity index (χ0) is 29.3. The Hall–Kier alpha value is -6.02. The van der Waals surface area contributed by atoms with Crippen LogP contribution in [-0.4, -0.2) is 23.6 Å². The van der Waals surface area contributed by atoms with Crippen molar-refractivity contribution in [3.05, 3.63) is 156 Å². The van der Waals surface area contributed by atoms with Crippen molar-refractivity contribution in [3.8, 4) is 0 Å². The van der Waals surface area contributed by atoms with Crippen molar-refractivity contribution in [2.45, 2.75) is 0 Å². The standard InChI is InChI=1S/C34H26N4O4.2H2/c39-31(35-27-8-3-1-4-9-27)23-14-18-25(19-15-23)33(41)37-29-12-7-13-30(22-29)38-34(42)26-20-16-24(17-21-26)32(40)36-28-10-5-2-6-11-28;;/h1-22H,(H,35,39)(H,36,40)(H,37,41)(H,38,42);2*1H. The molecule has 0 heterocycles. The van der Waals surface area contributed by atoms with Gasteiger partial charge in [0.1, 0.15) is 0 Å². The third kappa shape index (κ3) is 7.13. The first-order valence-corrected chi connectivity index (χ1v) is 13.1. The van der Waals surface area contributed by atoms with Crippen LogP contribution >= 0.6 is 0 Å². The van der Waals surface area contributed by atoms with Gasteiger partial charge in [0.05, 0.1) is 0 Å². The fourth-order valence-corrected chi connectivity index (χ4v) is 4.08. The van der Waals surface area contributed by atoms with E-state index in [-0.39, 0.29) is 26.5 Å². The summed E-state index contributed by atoms with van der Waals surface area (Å²) in [4.78, 5) is 50.6. The summed E-state index contributed by atoms with van der Waals surface area (Å²) in [6.45, 7) is 0. The number of hydrogen-bond donors (Lipinski definition) is 4. The Morgan fingerprint density at radius 3 is 0.905 bits per heavy atom. The summed E-state index contributed by atoms with van der Waals surface area (Å²) in [7, 11) is 0. The zero-order valence-corrected chi connectivity index (χ0v) is 22.3. The number of hydrogen-bond acceptors (Lipinski definition) is 4. The van der Waals surface area contributed by atoms with Crippen LogP contribution in [0.15, 0.2) is 133 Å². The first kappa shape index (κ1) is 27.5. The van der Waals surface area contributed by atoms with Crippen molar-refractivity contribution >= 4 is 46.4 Å². The Kier molecular flexibility index (Phi) is 8.45. The summed E-state index contributed by atoms with van der Waals surface area (Å²) in [6, 6.07) is 37.6. The van der Waals surface area contributed by atoms with E-state index in [1.807, 2.05) is 36.4 Å². The minimum atomic E-state index is -0.363. The Bertz CT molecular complexity index is 1610. The second-order valence-corrected chi connectivity index (χ2v) is 9.28. The van der Waals surface area contributed by atoms with E-state index in [2.05, 4.69) is 21.3 Å². The van der Waals surface area contributed by atoms with Crippen LogP contribution in [-0.2, 0) is 0 Å². The van der Waals surface area contributed by atoms with Crippen LogP contribution in [0, 0.1) is 0 Å². The van der Waals surface area contributed by atoms with E-state index in [1.54, 1.807) is 97.1 Å². The normalized spacial score (nSPS) is 10.3. The molecule has 5 aromatic rings. The van der Waals surface area contributed by atoms with Gasteiger partial charge >= 0.3 is 0 Å². The molecule has 0 aliphatic rings. The van der Waals surface area contributed by atoms with Crippen LogP contribution in [0.3, 0.4) is 0 Å². The van der Waals surface area contributed by atoms with Crippen LogP contribution in [0.5, 0.6) is 0 Å². The summed E-state index contributed by atoms with van der Waals surface area (Å²) in [5, 5.41) is 11.2. The average Bonchev–Trinajstić information content (AvgIpc) is 3.02. The first-order chi connectivity index (χ1) is 20.4. The number of para-hydroxylation sites is 2. The predicted molar refractivity (Wildman–Crippen MR) is 168 cm³/mol. The molecule has 0 fully saturated rings. The molecule has 0 radical (unpaired) electrons. The number of amides is 4. The molecule has 0 aliphatic heterocycles. The van der Waals surface area contributed by atoms with Gasteiger partial charge in [-0.2, -0.15) is 0 Å². The molecular weight excluding hydrogens is 528 g/mol. The van der Waals surface area contributed by atoms with Gasteiger partial charge in [-0.25, -0.2) is 0 Å². The highest BCUT2D eigenvalue weighted by Gasteiger charge is 2.12. The number of nitrogens with one attached hydrogen (secondary N) is 4. The van der Waals surface area contributed by atoms with Crippen molar-refractivity contribution in [1.82, 2.24) is 0 Å². The maximum atomic E-state index is 12.8. The Morgan fingerprint density at radius 2 is 0.595 bits per heavy atom. The fraction of sp³-hybridized carbons (Fsp3) is 0. The van der Waals surface area contributed by atoms with Crippen molar-refractivity contribution in [2.24, 2.45) is 0 Å². The van der Waals surface area contributed by atoms with Crippen LogP contribution < -0.4 is 21.3 Å². The highest BCUT2D eigenvalue weighted by atomic mass is 16.2. The van der Waals surface area contributed by atoms with Gasteiger partial charge in [0.2, 0.25) is 0 Å². The Morgan fingerprint density at radius 1 is 0.333 bits per heavy atom. The molecule has 4 amide bonds. The third-order valence-electron chi connectivity index (χ3n) is 6.26. The molecule has 8 nitrogen and oxygen atoms in total. The van der Waals surface area contributed by atoms with Gasteiger partial charge in [0, 0.05) is 47.9 Å². The monoisotopic (exact) mass is 558 g/mol. The van der Waals surface area contributed by atoms with Gasteiger partial charge in [0.25, 0.3) is 23.6 Å². The van der Waals surface area contributed by atoms with Crippen LogP contribution in [0.2, 0.25) is 0 Å². The average molecular weight is 559 g/mol. The lowest BCUT2D eigenvalue weighted by Crippen LogP contribution is -2.15. The molecule has 0 saturated carbocycles. The van der Waals surface area contributed by atoms with E-state index in [9.17, 15) is 19.2 Å². The van der Waals surface area contributed by atoms with Gasteiger partial charge in [-0.1, -0.05) is 42.5 Å². The van der Waals surface area contributed by atoms with Crippen molar-refractivity contribution in [2.75, 3.05) is 21.3 Å². The van der Waals surface area contributed by atoms with E-state index in [0.29, 0.717) is 45.0 Å². The molecule has 0 unspecified atom stereocenters. The van der Waals surface area contributed by atoms with Gasteiger partial charge < -0.3 is 21.3 Å². The molecule has 210 valence electrons. The molecule has 0 atom stereocenters. The maximum Gasteiger partial charge on any atom is 0.255 e. The van der Waals surface area contributed by atoms with Gasteiger partial charge in [-0.3, -0.25) is 19.2 Å². The summed E-state index contributed by atoms with van der Waals surface area (Å²) in [5.41, 5.74) is 3.91. The molecule has 5 rings (SSSR count). The number of rotatable bonds is 8. The minimum Gasteiger partial charge on any atom is -0.322 e. The van der Waals surface area contributed by atoms with Crippen molar-refractivity contribution in [3.63, 3.8) is 0 Å². The smallest absolute Gasteiger partial charge is 0.255 e. The summed E-state index contributed by atoms with van der Waals surface area (Å²) in [6.07, 6.45) is 0. The molecule has 0 saturated heterocycles. The topological polar surface area (TPSA) is 116 Å². The van der Waals surface area contributed by atoms with Crippen LogP contribution in [0.25, 0.3) is 0 Å². The van der Waals surface area contributed by atoms with E-state index in [0.717, 1.165) is 0 Å². The largest absolute Gasteiger partial charge is 0.322 e. The fourth-order valence-electron chi connectivity index (χ4n) is 4.08. The minimum absolute atomic E-state index is 0. The number of benzene rings is 5. The Balaban J connectivity index is 0.00000264. The zero-order valence-electron chi connectivity index (χ0n) is 22.3. The van der Waals surface area contributed by atoms with Crippen molar-refractivity contribution < 1.29 is 22.0 Å². The quantitative estimate of drug-likeness (QED) is 0.161. The third-order valence-corrected chi connectivity index (χ3v) is 6.26. The van der Waals surface area contributed by atoms with Gasteiger partial charge in [-0.05, 0) is 91.0 Å². The molecule has 0 aromatic heterocycles. The van der Waals surface area contributed by atoms with E-state index in [1.165, 1.54) is 0 Å².